The Balaban J connectivity index is 1.66. The molecule has 1 fully saturated rings. The molecule has 2 amide bonds. The molecule has 5 heteroatoms. The largest absolute Gasteiger partial charge is 0.363 e. The fourth-order valence-electron chi connectivity index (χ4n) is 3.61. The van der Waals surface area contributed by atoms with E-state index in [0.717, 1.165) is 25.1 Å². The third-order valence-electron chi connectivity index (χ3n) is 4.74. The number of carbonyl (C=O) groups excluding carboxylic acids is 2. The Hall–Kier alpha value is -2.59. The molecule has 0 aliphatic carbocycles. The summed E-state index contributed by atoms with van der Waals surface area (Å²) in [5, 5.41) is 0.659. The summed E-state index contributed by atoms with van der Waals surface area (Å²) in [7, 11) is 0. The predicted molar refractivity (Wildman–Crippen MR) is 98.8 cm³/mol. The van der Waals surface area contributed by atoms with E-state index in [4.69, 9.17) is 11.6 Å². The number of hydrogen-bond acceptors (Lipinski definition) is 3. The quantitative estimate of drug-likeness (QED) is 0.789. The van der Waals surface area contributed by atoms with Crippen molar-refractivity contribution < 1.29 is 9.59 Å². The molecule has 126 valence electrons. The van der Waals surface area contributed by atoms with Crippen molar-refractivity contribution in [3.63, 3.8) is 0 Å². The van der Waals surface area contributed by atoms with Gasteiger partial charge in [0.2, 0.25) is 0 Å². The van der Waals surface area contributed by atoms with Crippen molar-refractivity contribution in [2.45, 2.75) is 18.9 Å². The molecule has 2 aliphatic rings. The van der Waals surface area contributed by atoms with E-state index >= 15 is 0 Å². The van der Waals surface area contributed by atoms with Crippen LogP contribution in [-0.4, -0.2) is 24.4 Å². The van der Waals surface area contributed by atoms with Gasteiger partial charge in [0.15, 0.2) is 0 Å². The van der Waals surface area contributed by atoms with Gasteiger partial charge in [0.1, 0.15) is 0 Å². The third kappa shape index (κ3) is 2.72. The lowest BCUT2D eigenvalue weighted by Crippen LogP contribution is -2.37. The Morgan fingerprint density at radius 2 is 1.68 bits per heavy atom. The first-order valence-electron chi connectivity index (χ1n) is 8.33. The van der Waals surface area contributed by atoms with Crippen molar-refractivity contribution in [2.75, 3.05) is 16.3 Å². The molecule has 2 heterocycles. The van der Waals surface area contributed by atoms with Crippen LogP contribution in [-0.2, 0) is 9.59 Å². The van der Waals surface area contributed by atoms with Crippen molar-refractivity contribution >= 4 is 34.8 Å². The molecule has 1 unspecified atom stereocenters. The molecule has 25 heavy (non-hydrogen) atoms. The second-order valence-electron chi connectivity index (χ2n) is 6.22. The highest BCUT2D eigenvalue weighted by molar-refractivity contribution is 6.33. The Morgan fingerprint density at radius 1 is 0.960 bits per heavy atom. The highest BCUT2D eigenvalue weighted by Gasteiger charge is 2.40. The van der Waals surface area contributed by atoms with Crippen LogP contribution in [0.5, 0.6) is 0 Å². The lowest BCUT2D eigenvalue weighted by Gasteiger charge is -2.28. The van der Waals surface area contributed by atoms with Crippen LogP contribution in [0.2, 0.25) is 5.02 Å². The molecule has 0 aromatic heterocycles. The normalized spacial score (nSPS) is 20.4. The summed E-state index contributed by atoms with van der Waals surface area (Å²) in [6, 6.07) is 16.5. The molecular formula is C20H17ClN2O2. The zero-order valence-electron chi connectivity index (χ0n) is 13.6. The summed E-state index contributed by atoms with van der Waals surface area (Å²) in [5.41, 5.74) is 2.06. The maximum Gasteiger partial charge on any atom is 0.263 e. The zero-order chi connectivity index (χ0) is 17.4. The van der Waals surface area contributed by atoms with Crippen LogP contribution in [0.25, 0.3) is 0 Å². The number of amides is 2. The van der Waals surface area contributed by atoms with E-state index in [0.29, 0.717) is 16.3 Å². The van der Waals surface area contributed by atoms with E-state index < -0.39 is 0 Å². The van der Waals surface area contributed by atoms with E-state index in [1.807, 2.05) is 42.5 Å². The monoisotopic (exact) mass is 352 g/mol. The highest BCUT2D eigenvalue weighted by Crippen LogP contribution is 2.36. The van der Waals surface area contributed by atoms with Gasteiger partial charge in [-0.3, -0.25) is 9.59 Å². The number of rotatable bonds is 3. The first-order valence-corrected chi connectivity index (χ1v) is 8.71. The lowest BCUT2D eigenvalue weighted by molar-refractivity contribution is -0.120. The van der Waals surface area contributed by atoms with Crippen LogP contribution in [0.15, 0.2) is 66.2 Å². The van der Waals surface area contributed by atoms with Crippen molar-refractivity contribution in [1.29, 1.82) is 0 Å². The lowest BCUT2D eigenvalue weighted by atomic mass is 10.0. The van der Waals surface area contributed by atoms with Crippen molar-refractivity contribution in [3.05, 3.63) is 71.3 Å². The summed E-state index contributed by atoms with van der Waals surface area (Å²) >= 11 is 6.34. The van der Waals surface area contributed by atoms with Gasteiger partial charge in [0.05, 0.1) is 22.4 Å². The zero-order valence-corrected chi connectivity index (χ0v) is 14.3. The molecule has 4 rings (SSSR count). The number of benzene rings is 2. The van der Waals surface area contributed by atoms with E-state index in [1.165, 1.54) is 11.0 Å². The van der Waals surface area contributed by atoms with Gasteiger partial charge in [0, 0.05) is 18.2 Å². The summed E-state index contributed by atoms with van der Waals surface area (Å²) in [5.74, 6) is -0.516. The minimum absolute atomic E-state index is 0.120. The Labute approximate surface area is 151 Å². The van der Waals surface area contributed by atoms with Gasteiger partial charge in [-0.05, 0) is 37.1 Å². The minimum Gasteiger partial charge on any atom is -0.363 e. The molecular weight excluding hydrogens is 336 g/mol. The van der Waals surface area contributed by atoms with Crippen LogP contribution < -0.4 is 9.80 Å². The number of carbonyl (C=O) groups is 2. The predicted octanol–water partition coefficient (Wildman–Crippen LogP) is 3.81. The number of para-hydroxylation sites is 2. The number of imide groups is 1. The van der Waals surface area contributed by atoms with Gasteiger partial charge in [-0.1, -0.05) is 41.9 Å². The van der Waals surface area contributed by atoms with E-state index in [1.54, 1.807) is 12.1 Å². The van der Waals surface area contributed by atoms with E-state index in [9.17, 15) is 9.59 Å². The summed E-state index contributed by atoms with van der Waals surface area (Å²) in [4.78, 5) is 28.8. The molecule has 2 aromatic rings. The molecule has 0 radical (unpaired) electrons. The second-order valence-corrected chi connectivity index (χ2v) is 6.62. The molecule has 0 spiro atoms. The maximum absolute atomic E-state index is 12.9. The topological polar surface area (TPSA) is 40.6 Å². The second kappa shape index (κ2) is 6.37. The van der Waals surface area contributed by atoms with Crippen LogP contribution in [0, 0.1) is 0 Å². The van der Waals surface area contributed by atoms with Crippen LogP contribution in [0.3, 0.4) is 0 Å². The molecule has 0 bridgehead atoms. The number of nitrogens with zero attached hydrogens (tertiary/aromatic N) is 2. The summed E-state index contributed by atoms with van der Waals surface area (Å²) in [6.45, 7) is 0.818. The number of halogens is 1. The average molecular weight is 353 g/mol. The van der Waals surface area contributed by atoms with Gasteiger partial charge < -0.3 is 4.90 Å². The highest BCUT2D eigenvalue weighted by atomic mass is 35.5. The first kappa shape index (κ1) is 15.9. The molecule has 2 aliphatic heterocycles. The van der Waals surface area contributed by atoms with Crippen LogP contribution >= 0.6 is 11.6 Å². The van der Waals surface area contributed by atoms with E-state index in [-0.39, 0.29) is 17.9 Å². The van der Waals surface area contributed by atoms with Gasteiger partial charge in [-0.15, -0.1) is 0 Å². The first-order chi connectivity index (χ1) is 12.2. The smallest absolute Gasteiger partial charge is 0.263 e. The van der Waals surface area contributed by atoms with Crippen molar-refractivity contribution in [2.24, 2.45) is 0 Å². The molecule has 4 nitrogen and oxygen atoms in total. The van der Waals surface area contributed by atoms with Gasteiger partial charge in [-0.25, -0.2) is 4.90 Å². The van der Waals surface area contributed by atoms with Crippen LogP contribution in [0.4, 0.5) is 11.4 Å². The fraction of sp³-hybridized carbons (Fsp3) is 0.200. The fourth-order valence-corrected chi connectivity index (χ4v) is 3.86. The van der Waals surface area contributed by atoms with Gasteiger partial charge in [0.25, 0.3) is 11.8 Å². The Kier molecular flexibility index (Phi) is 4.06. The standard InChI is InChI=1S/C20H17ClN2O2/c21-16-9-4-5-10-18(16)22-12-6-11-17(22)15-13-19(24)23(20(15)25)14-7-2-1-3-8-14/h1-5,7-10,13,17H,6,11-12H2. The number of hydrogen-bond donors (Lipinski definition) is 0. The van der Waals surface area contributed by atoms with Crippen LogP contribution in [0.1, 0.15) is 12.8 Å². The summed E-state index contributed by atoms with van der Waals surface area (Å²) in [6.07, 6.45) is 3.27. The minimum atomic E-state index is -0.280. The molecule has 0 saturated carbocycles. The third-order valence-corrected chi connectivity index (χ3v) is 5.06. The van der Waals surface area contributed by atoms with Gasteiger partial charge >= 0.3 is 0 Å². The maximum atomic E-state index is 12.9. The molecule has 1 atom stereocenters. The summed E-state index contributed by atoms with van der Waals surface area (Å²) < 4.78 is 0. The Bertz CT molecular complexity index is 863. The van der Waals surface area contributed by atoms with Gasteiger partial charge in [-0.2, -0.15) is 0 Å². The molecule has 0 N–H and O–H groups in total. The van der Waals surface area contributed by atoms with Crippen molar-refractivity contribution in [1.82, 2.24) is 0 Å². The SMILES string of the molecule is O=C1C=C(C2CCCN2c2ccccc2Cl)C(=O)N1c1ccccc1. The molecule has 2 aromatic carbocycles. The average Bonchev–Trinajstić information content (AvgIpc) is 3.20. The Morgan fingerprint density at radius 3 is 2.44 bits per heavy atom. The number of anilines is 2. The van der Waals surface area contributed by atoms with E-state index in [2.05, 4.69) is 4.90 Å². The van der Waals surface area contributed by atoms with Crippen molar-refractivity contribution in [3.8, 4) is 0 Å². The molecule has 1 saturated heterocycles.